The Hall–Kier alpha value is -1.11. The lowest BCUT2D eigenvalue weighted by Crippen LogP contribution is -2.21. The third-order valence-corrected chi connectivity index (χ3v) is 4.34. The van der Waals surface area contributed by atoms with Crippen molar-refractivity contribution in [3.63, 3.8) is 0 Å². The molecule has 1 rings (SSSR count). The fourth-order valence-electron chi connectivity index (χ4n) is 1.74. The number of carbonyl (C=O) groups excluding carboxylic acids is 1. The zero-order valence-electron chi connectivity index (χ0n) is 12.5. The van der Waals surface area contributed by atoms with E-state index in [4.69, 9.17) is 20.2 Å². The first-order valence-electron chi connectivity index (χ1n) is 6.51. The van der Waals surface area contributed by atoms with Crippen LogP contribution < -0.4 is 0 Å². The average molecular weight is 335 g/mol. The van der Waals surface area contributed by atoms with Gasteiger partial charge in [0.2, 0.25) is 0 Å². The number of hydrogen-bond acceptors (Lipinski definition) is 5. The van der Waals surface area contributed by atoms with E-state index in [1.165, 1.54) is 12.1 Å². The molecule has 1 aromatic carbocycles. The summed E-state index contributed by atoms with van der Waals surface area (Å²) < 4.78 is 33.3. The first-order valence-corrected chi connectivity index (χ1v) is 8.82. The number of aryl methyl sites for hydroxylation is 1. The summed E-state index contributed by atoms with van der Waals surface area (Å²) in [7, 11) is 1.43. The van der Waals surface area contributed by atoms with Crippen LogP contribution in [0.25, 0.3) is 0 Å². The number of carbonyl (C=O) groups is 1. The van der Waals surface area contributed by atoms with E-state index in [9.17, 15) is 13.2 Å². The van der Waals surface area contributed by atoms with Crippen molar-refractivity contribution in [1.29, 1.82) is 0 Å². The van der Waals surface area contributed by atoms with Crippen LogP contribution in [0.5, 0.6) is 0 Å². The molecule has 0 radical (unpaired) electrons. The van der Waals surface area contributed by atoms with E-state index >= 15 is 0 Å². The molecule has 5 nitrogen and oxygen atoms in total. The molecule has 0 N–H and O–H groups in total. The predicted molar refractivity (Wildman–Crippen MR) is 80.3 cm³/mol. The summed E-state index contributed by atoms with van der Waals surface area (Å²) in [6, 6.07) is 2.67. The lowest BCUT2D eigenvalue weighted by atomic mass is 10.0. The van der Waals surface area contributed by atoms with Crippen LogP contribution in [0.15, 0.2) is 17.0 Å². The highest BCUT2D eigenvalue weighted by Gasteiger charge is 2.20. The quantitative estimate of drug-likeness (QED) is 0.591. The van der Waals surface area contributed by atoms with E-state index in [1.807, 2.05) is 6.92 Å². The van der Waals surface area contributed by atoms with Crippen molar-refractivity contribution in [2.75, 3.05) is 13.2 Å². The molecule has 0 spiro atoms. The van der Waals surface area contributed by atoms with E-state index in [1.54, 1.807) is 20.8 Å². The average Bonchev–Trinajstić information content (AvgIpc) is 2.37. The number of halogens is 1. The highest BCUT2D eigenvalue weighted by atomic mass is 35.7. The molecule has 0 amide bonds. The minimum atomic E-state index is -3.90. The van der Waals surface area contributed by atoms with Crippen LogP contribution in [-0.2, 0) is 18.5 Å². The van der Waals surface area contributed by atoms with Crippen LogP contribution in [0, 0.1) is 13.8 Å². The molecule has 1 unspecified atom stereocenters. The Bertz CT molecular complexity index is 624. The third kappa shape index (κ3) is 4.98. The molecule has 0 saturated carbocycles. The molecule has 0 bridgehead atoms. The SMILES string of the molecule is CCOCC(C)OC(=O)c1cc(S(=O)(=O)Cl)cc(C)c1C. The van der Waals surface area contributed by atoms with Crippen LogP contribution in [0.3, 0.4) is 0 Å². The summed E-state index contributed by atoms with van der Waals surface area (Å²) in [5.41, 5.74) is 1.51. The minimum Gasteiger partial charge on any atom is -0.457 e. The monoisotopic (exact) mass is 334 g/mol. The van der Waals surface area contributed by atoms with Crippen LogP contribution in [0.2, 0.25) is 0 Å². The number of rotatable bonds is 6. The molecule has 0 saturated heterocycles. The van der Waals surface area contributed by atoms with Crippen molar-refractivity contribution in [1.82, 2.24) is 0 Å². The van der Waals surface area contributed by atoms with Crippen LogP contribution in [0.1, 0.15) is 35.3 Å². The van der Waals surface area contributed by atoms with Gasteiger partial charge in [-0.15, -0.1) is 0 Å². The summed E-state index contributed by atoms with van der Waals surface area (Å²) in [4.78, 5) is 12.0. The Morgan fingerprint density at radius 3 is 2.48 bits per heavy atom. The fraction of sp³-hybridized carbons (Fsp3) is 0.500. The van der Waals surface area contributed by atoms with Gasteiger partial charge in [0, 0.05) is 17.3 Å². The second-order valence-electron chi connectivity index (χ2n) is 4.73. The molecule has 7 heteroatoms. The van der Waals surface area contributed by atoms with Gasteiger partial charge >= 0.3 is 5.97 Å². The smallest absolute Gasteiger partial charge is 0.338 e. The van der Waals surface area contributed by atoms with Gasteiger partial charge in [-0.3, -0.25) is 0 Å². The van der Waals surface area contributed by atoms with Crippen LogP contribution in [0.4, 0.5) is 0 Å². The molecule has 0 aliphatic heterocycles. The van der Waals surface area contributed by atoms with E-state index in [-0.39, 0.29) is 17.1 Å². The van der Waals surface area contributed by atoms with Gasteiger partial charge in [-0.1, -0.05) is 0 Å². The normalized spacial score (nSPS) is 13.0. The Labute approximate surface area is 129 Å². The van der Waals surface area contributed by atoms with Gasteiger partial charge in [0.15, 0.2) is 0 Å². The van der Waals surface area contributed by atoms with Crippen molar-refractivity contribution in [2.45, 2.75) is 38.7 Å². The van der Waals surface area contributed by atoms with E-state index in [2.05, 4.69) is 0 Å². The van der Waals surface area contributed by atoms with E-state index < -0.39 is 21.1 Å². The van der Waals surface area contributed by atoms with Gasteiger partial charge in [-0.05, 0) is 51.0 Å². The highest BCUT2D eigenvalue weighted by Crippen LogP contribution is 2.23. The largest absolute Gasteiger partial charge is 0.457 e. The van der Waals surface area contributed by atoms with E-state index in [0.29, 0.717) is 17.7 Å². The summed E-state index contributed by atoms with van der Waals surface area (Å²) >= 11 is 0. The first kappa shape index (κ1) is 17.9. The molecular weight excluding hydrogens is 316 g/mol. The second kappa shape index (κ2) is 7.24. The molecule has 1 atom stereocenters. The van der Waals surface area contributed by atoms with Gasteiger partial charge in [0.1, 0.15) is 6.10 Å². The third-order valence-electron chi connectivity index (χ3n) is 3.01. The van der Waals surface area contributed by atoms with Crippen LogP contribution in [-0.4, -0.2) is 33.7 Å². The zero-order chi connectivity index (χ0) is 16.2. The molecule has 0 fully saturated rings. The first-order chi connectivity index (χ1) is 9.66. The Kier molecular flexibility index (Phi) is 6.19. The molecular formula is C14H19ClO5S. The maximum Gasteiger partial charge on any atom is 0.338 e. The molecule has 0 aliphatic rings. The molecule has 1 aromatic rings. The zero-order valence-corrected chi connectivity index (χ0v) is 14.0. The van der Waals surface area contributed by atoms with Crippen molar-refractivity contribution in [3.05, 3.63) is 28.8 Å². The van der Waals surface area contributed by atoms with Gasteiger partial charge in [-0.2, -0.15) is 0 Å². The van der Waals surface area contributed by atoms with Crippen molar-refractivity contribution < 1.29 is 22.7 Å². The molecule has 0 aromatic heterocycles. The molecule has 0 aliphatic carbocycles. The Balaban J connectivity index is 3.06. The lowest BCUT2D eigenvalue weighted by molar-refractivity contribution is 0.00430. The summed E-state index contributed by atoms with van der Waals surface area (Å²) in [5.74, 6) is -0.593. The minimum absolute atomic E-state index is 0.114. The van der Waals surface area contributed by atoms with Crippen molar-refractivity contribution in [3.8, 4) is 0 Å². The van der Waals surface area contributed by atoms with Gasteiger partial charge in [-0.25, -0.2) is 13.2 Å². The van der Waals surface area contributed by atoms with Gasteiger partial charge in [0.05, 0.1) is 17.1 Å². The van der Waals surface area contributed by atoms with Crippen molar-refractivity contribution in [2.24, 2.45) is 0 Å². The van der Waals surface area contributed by atoms with Gasteiger partial charge < -0.3 is 9.47 Å². The summed E-state index contributed by atoms with van der Waals surface area (Å²) in [5, 5.41) is 0. The van der Waals surface area contributed by atoms with E-state index in [0.717, 1.165) is 0 Å². The number of benzene rings is 1. The van der Waals surface area contributed by atoms with Crippen molar-refractivity contribution >= 4 is 25.7 Å². The Morgan fingerprint density at radius 1 is 1.33 bits per heavy atom. The highest BCUT2D eigenvalue weighted by molar-refractivity contribution is 8.13. The standard InChI is InChI=1S/C14H19ClO5S/c1-5-19-8-10(3)20-14(16)13-7-12(21(15,17)18)6-9(2)11(13)4/h6-7,10H,5,8H2,1-4H3. The lowest BCUT2D eigenvalue weighted by Gasteiger charge is -2.15. The second-order valence-corrected chi connectivity index (χ2v) is 7.29. The summed E-state index contributed by atoms with van der Waals surface area (Å²) in [6.07, 6.45) is -0.423. The Morgan fingerprint density at radius 2 is 1.95 bits per heavy atom. The maximum absolute atomic E-state index is 12.2. The molecule has 118 valence electrons. The topological polar surface area (TPSA) is 69.7 Å². The predicted octanol–water partition coefficient (Wildman–Crippen LogP) is 2.81. The van der Waals surface area contributed by atoms with Gasteiger partial charge in [0.25, 0.3) is 9.05 Å². The number of hydrogen-bond donors (Lipinski definition) is 0. The molecule has 0 heterocycles. The molecule has 21 heavy (non-hydrogen) atoms. The fourth-order valence-corrected chi connectivity index (χ4v) is 2.59. The summed E-state index contributed by atoms with van der Waals surface area (Å²) in [6.45, 7) is 7.80. The maximum atomic E-state index is 12.2. The van der Waals surface area contributed by atoms with Crippen LogP contribution >= 0.6 is 10.7 Å². The number of esters is 1. The number of ether oxygens (including phenoxy) is 2.